The summed E-state index contributed by atoms with van der Waals surface area (Å²) in [7, 11) is 2.05. The van der Waals surface area contributed by atoms with Crippen LogP contribution in [0.1, 0.15) is 46.8 Å². The van der Waals surface area contributed by atoms with Crippen molar-refractivity contribution < 1.29 is 4.79 Å². The molecule has 27 heavy (non-hydrogen) atoms. The Morgan fingerprint density at radius 1 is 1.41 bits per heavy atom. The van der Waals surface area contributed by atoms with Crippen molar-refractivity contribution in [3.05, 3.63) is 45.7 Å². The van der Waals surface area contributed by atoms with Crippen molar-refractivity contribution in [2.75, 3.05) is 13.1 Å². The van der Waals surface area contributed by atoms with E-state index in [1.165, 1.54) is 28.7 Å². The van der Waals surface area contributed by atoms with Gasteiger partial charge in [-0.1, -0.05) is 0 Å². The largest absolute Gasteiger partial charge is 0.336 e. The van der Waals surface area contributed by atoms with Crippen molar-refractivity contribution in [2.45, 2.75) is 45.6 Å². The number of aryl methyl sites for hydroxylation is 2. The molecule has 1 atom stereocenters. The first-order chi connectivity index (χ1) is 13.0. The minimum absolute atomic E-state index is 0.174. The number of rotatable bonds is 5. The normalized spacial score (nSPS) is 18.3. The average Bonchev–Trinajstić information content (AvgIpc) is 3.21. The molecule has 1 aliphatic rings. The second-order valence-corrected chi connectivity index (χ2v) is 8.88. The summed E-state index contributed by atoms with van der Waals surface area (Å²) in [6.45, 7) is 6.86. The van der Waals surface area contributed by atoms with Gasteiger partial charge in [0.1, 0.15) is 16.4 Å². The number of carbonyl (C=O) groups is 1. The number of piperidine rings is 1. The maximum atomic E-state index is 11.3. The zero-order valence-corrected chi connectivity index (χ0v) is 17.1. The first-order valence-electron chi connectivity index (χ1n) is 9.57. The first kappa shape index (κ1) is 18.3. The van der Waals surface area contributed by atoms with E-state index in [2.05, 4.69) is 39.7 Å². The van der Waals surface area contributed by atoms with Crippen LogP contribution in [0.4, 0.5) is 0 Å². The van der Waals surface area contributed by atoms with Gasteiger partial charge < -0.3 is 4.57 Å². The molecule has 0 bridgehead atoms. The number of ketones is 1. The van der Waals surface area contributed by atoms with E-state index in [0.717, 1.165) is 36.0 Å². The quantitative estimate of drug-likeness (QED) is 0.673. The fourth-order valence-corrected chi connectivity index (χ4v) is 5.13. The standard InChI is InChI=1S/C21H26N4OS/c1-14(26)9-20-22-11-18(27-20)13-25-7-4-5-17(12-25)19-10-16-6-8-24(3)21(16)23-15(19)2/h6,8,10-11,17H,4-5,7,9,12-13H2,1-3H3. The zero-order chi connectivity index (χ0) is 19.0. The fourth-order valence-electron chi connectivity index (χ4n) is 4.09. The van der Waals surface area contributed by atoms with Crippen LogP contribution in [0.2, 0.25) is 0 Å². The number of fused-ring (bicyclic) bond motifs is 1. The first-order valence-corrected chi connectivity index (χ1v) is 10.4. The Bertz CT molecular complexity index is 974. The highest BCUT2D eigenvalue weighted by molar-refractivity contribution is 7.11. The summed E-state index contributed by atoms with van der Waals surface area (Å²) >= 11 is 1.67. The summed E-state index contributed by atoms with van der Waals surface area (Å²) < 4.78 is 2.09. The van der Waals surface area contributed by atoms with E-state index in [4.69, 9.17) is 4.98 Å². The van der Waals surface area contributed by atoms with Gasteiger partial charge >= 0.3 is 0 Å². The molecule has 0 aliphatic carbocycles. The minimum Gasteiger partial charge on any atom is -0.336 e. The highest BCUT2D eigenvalue weighted by Gasteiger charge is 2.24. The maximum absolute atomic E-state index is 11.3. The molecular weight excluding hydrogens is 356 g/mol. The zero-order valence-electron chi connectivity index (χ0n) is 16.2. The van der Waals surface area contributed by atoms with Gasteiger partial charge in [-0.3, -0.25) is 9.69 Å². The number of thiazole rings is 1. The number of hydrogen-bond acceptors (Lipinski definition) is 5. The van der Waals surface area contributed by atoms with Gasteiger partial charge in [0.15, 0.2) is 0 Å². The third kappa shape index (κ3) is 3.96. The Balaban J connectivity index is 1.49. The molecule has 0 amide bonds. The van der Waals surface area contributed by atoms with Crippen LogP contribution in [0.3, 0.4) is 0 Å². The number of likely N-dealkylation sites (tertiary alicyclic amines) is 1. The maximum Gasteiger partial charge on any atom is 0.139 e. The van der Waals surface area contributed by atoms with Gasteiger partial charge in [-0.2, -0.15) is 0 Å². The number of nitrogens with zero attached hydrogens (tertiary/aromatic N) is 4. The van der Waals surface area contributed by atoms with E-state index in [9.17, 15) is 4.79 Å². The molecule has 3 aromatic heterocycles. The smallest absolute Gasteiger partial charge is 0.139 e. The summed E-state index contributed by atoms with van der Waals surface area (Å²) in [6, 6.07) is 4.49. The van der Waals surface area contributed by atoms with Gasteiger partial charge in [-0.05, 0) is 56.8 Å². The predicted molar refractivity (Wildman–Crippen MR) is 109 cm³/mol. The van der Waals surface area contributed by atoms with Gasteiger partial charge in [0.05, 0.1) is 6.42 Å². The van der Waals surface area contributed by atoms with Crippen molar-refractivity contribution in [2.24, 2.45) is 7.05 Å². The molecular formula is C21H26N4OS. The summed E-state index contributed by atoms with van der Waals surface area (Å²) in [6.07, 6.45) is 6.90. The Labute approximate surface area is 164 Å². The van der Waals surface area contributed by atoms with Crippen LogP contribution in [-0.2, 0) is 24.8 Å². The predicted octanol–water partition coefficient (Wildman–Crippen LogP) is 3.85. The molecule has 1 saturated heterocycles. The van der Waals surface area contributed by atoms with Crippen LogP contribution in [0, 0.1) is 6.92 Å². The molecule has 0 radical (unpaired) electrons. The summed E-state index contributed by atoms with van der Waals surface area (Å²) in [4.78, 5) is 24.3. The van der Waals surface area contributed by atoms with Crippen LogP contribution >= 0.6 is 11.3 Å². The molecule has 1 unspecified atom stereocenters. The molecule has 0 aromatic carbocycles. The Kier molecular flexibility index (Phi) is 5.10. The summed E-state index contributed by atoms with van der Waals surface area (Å²) in [5, 5.41) is 2.16. The molecule has 0 N–H and O–H groups in total. The highest BCUT2D eigenvalue weighted by Crippen LogP contribution is 2.31. The molecule has 142 valence electrons. The van der Waals surface area contributed by atoms with Crippen LogP contribution in [0.15, 0.2) is 24.5 Å². The van der Waals surface area contributed by atoms with E-state index in [0.29, 0.717) is 12.3 Å². The van der Waals surface area contributed by atoms with Crippen molar-refractivity contribution in [3.63, 3.8) is 0 Å². The molecule has 5 nitrogen and oxygen atoms in total. The van der Waals surface area contributed by atoms with Gasteiger partial charge in [-0.15, -0.1) is 11.3 Å². The van der Waals surface area contributed by atoms with E-state index < -0.39 is 0 Å². The lowest BCUT2D eigenvalue weighted by Gasteiger charge is -2.33. The lowest BCUT2D eigenvalue weighted by molar-refractivity contribution is -0.116. The molecule has 0 saturated carbocycles. The van der Waals surface area contributed by atoms with E-state index in [1.807, 2.05) is 13.2 Å². The number of hydrogen-bond donors (Lipinski definition) is 0. The lowest BCUT2D eigenvalue weighted by Crippen LogP contribution is -2.34. The second kappa shape index (κ2) is 7.52. The van der Waals surface area contributed by atoms with Gasteiger partial charge in [0.25, 0.3) is 0 Å². The lowest BCUT2D eigenvalue weighted by atomic mass is 9.89. The number of aromatic nitrogens is 3. The monoisotopic (exact) mass is 382 g/mol. The molecule has 0 spiro atoms. The van der Waals surface area contributed by atoms with Gasteiger partial charge in [0, 0.05) is 48.5 Å². The molecule has 1 fully saturated rings. The number of carbonyl (C=O) groups excluding carboxylic acids is 1. The summed E-state index contributed by atoms with van der Waals surface area (Å²) in [5.41, 5.74) is 3.60. The van der Waals surface area contributed by atoms with Crippen LogP contribution in [-0.4, -0.2) is 38.3 Å². The minimum atomic E-state index is 0.174. The number of Topliss-reactive ketones (excluding diaryl/α,β-unsaturated/α-hetero) is 1. The Morgan fingerprint density at radius 3 is 3.07 bits per heavy atom. The molecule has 3 aromatic rings. The van der Waals surface area contributed by atoms with Crippen LogP contribution in [0.5, 0.6) is 0 Å². The third-order valence-corrected chi connectivity index (χ3v) is 6.38. The van der Waals surface area contributed by atoms with Crippen LogP contribution in [0.25, 0.3) is 11.0 Å². The molecule has 4 heterocycles. The van der Waals surface area contributed by atoms with E-state index >= 15 is 0 Å². The van der Waals surface area contributed by atoms with Crippen molar-refractivity contribution in [1.29, 1.82) is 0 Å². The second-order valence-electron chi connectivity index (χ2n) is 7.68. The van der Waals surface area contributed by atoms with Crippen LogP contribution < -0.4 is 0 Å². The van der Waals surface area contributed by atoms with Crippen molar-refractivity contribution >= 4 is 28.2 Å². The highest BCUT2D eigenvalue weighted by atomic mass is 32.1. The summed E-state index contributed by atoms with van der Waals surface area (Å²) in [5.74, 6) is 0.702. The third-order valence-electron chi connectivity index (χ3n) is 5.40. The molecule has 6 heteroatoms. The SMILES string of the molecule is CC(=O)Cc1ncc(CN2CCCC(c3cc4ccn(C)c4nc3C)C2)s1. The molecule has 1 aliphatic heterocycles. The van der Waals surface area contributed by atoms with Crippen molar-refractivity contribution in [1.82, 2.24) is 19.4 Å². The topological polar surface area (TPSA) is 51.0 Å². The Hall–Kier alpha value is -2.05. The number of pyridine rings is 1. The molecule has 4 rings (SSSR count). The van der Waals surface area contributed by atoms with E-state index in [1.54, 1.807) is 18.3 Å². The van der Waals surface area contributed by atoms with Gasteiger partial charge in [0.2, 0.25) is 0 Å². The van der Waals surface area contributed by atoms with Crippen molar-refractivity contribution in [3.8, 4) is 0 Å². The average molecular weight is 383 g/mol. The van der Waals surface area contributed by atoms with Gasteiger partial charge in [-0.25, -0.2) is 9.97 Å². The fraction of sp³-hybridized carbons (Fsp3) is 0.476. The Morgan fingerprint density at radius 2 is 2.26 bits per heavy atom. The van der Waals surface area contributed by atoms with E-state index in [-0.39, 0.29) is 5.78 Å².